The van der Waals surface area contributed by atoms with Crippen LogP contribution >= 0.6 is 0 Å². The summed E-state index contributed by atoms with van der Waals surface area (Å²) in [4.78, 5) is 0. The van der Waals surface area contributed by atoms with Gasteiger partial charge >= 0.3 is 0 Å². The van der Waals surface area contributed by atoms with E-state index >= 15 is 0 Å². The Hall–Kier alpha value is -3.64. The van der Waals surface area contributed by atoms with Crippen molar-refractivity contribution in [3.63, 3.8) is 0 Å². The predicted octanol–water partition coefficient (Wildman–Crippen LogP) is 7.77. The van der Waals surface area contributed by atoms with Crippen molar-refractivity contribution in [2.45, 2.75) is 0 Å². The summed E-state index contributed by atoms with van der Waals surface area (Å²) in [6.45, 7) is 0. The van der Waals surface area contributed by atoms with Crippen LogP contribution < -0.4 is 0 Å². The summed E-state index contributed by atoms with van der Waals surface area (Å²) in [6.07, 6.45) is 12.9. The summed E-state index contributed by atoms with van der Waals surface area (Å²) in [6, 6.07) is 30.2. The van der Waals surface area contributed by atoms with Crippen molar-refractivity contribution in [1.82, 2.24) is 0 Å². The summed E-state index contributed by atoms with van der Waals surface area (Å²) < 4.78 is 0. The zero-order valence-corrected chi connectivity index (χ0v) is 15.5. The molecule has 28 heavy (non-hydrogen) atoms. The Morgan fingerprint density at radius 2 is 0.750 bits per heavy atom. The molecule has 0 atom stereocenters. The summed E-state index contributed by atoms with van der Waals surface area (Å²) in [5.41, 5.74) is 7.62. The first kappa shape index (κ1) is 16.5. The maximum atomic E-state index is 2.25. The summed E-state index contributed by atoms with van der Waals surface area (Å²) in [5.74, 6) is 0. The number of fused-ring (bicyclic) bond motifs is 2. The molecule has 4 aromatic carbocycles. The second-order valence-electron chi connectivity index (χ2n) is 6.96. The highest BCUT2D eigenvalue weighted by atomic mass is 14.2. The molecule has 5 rings (SSSR count). The summed E-state index contributed by atoms with van der Waals surface area (Å²) in [7, 11) is 0. The minimum absolute atomic E-state index is 1.25. The van der Waals surface area contributed by atoms with Crippen LogP contribution in [-0.4, -0.2) is 0 Å². The molecule has 4 aromatic rings. The topological polar surface area (TPSA) is 0 Å². The summed E-state index contributed by atoms with van der Waals surface area (Å²) in [5, 5.41) is 2.57. The highest BCUT2D eigenvalue weighted by molar-refractivity contribution is 6.11. The fourth-order valence-electron chi connectivity index (χ4n) is 4.09. The van der Waals surface area contributed by atoms with E-state index in [0.29, 0.717) is 0 Å². The van der Waals surface area contributed by atoms with Gasteiger partial charge in [0.1, 0.15) is 0 Å². The van der Waals surface area contributed by atoms with Gasteiger partial charge in [-0.2, -0.15) is 0 Å². The number of hydrogen-bond acceptors (Lipinski definition) is 0. The molecule has 0 saturated heterocycles. The summed E-state index contributed by atoms with van der Waals surface area (Å²) >= 11 is 0. The van der Waals surface area contributed by atoms with Crippen molar-refractivity contribution in [2.75, 3.05) is 0 Å². The van der Waals surface area contributed by atoms with Gasteiger partial charge in [0.15, 0.2) is 0 Å². The van der Waals surface area contributed by atoms with Crippen molar-refractivity contribution < 1.29 is 0 Å². The predicted molar refractivity (Wildman–Crippen MR) is 122 cm³/mol. The molecule has 0 heterocycles. The largest absolute Gasteiger partial charge is 0.0622 e. The number of hydrogen-bond donors (Lipinski definition) is 0. The van der Waals surface area contributed by atoms with Crippen LogP contribution in [0.3, 0.4) is 0 Å². The van der Waals surface area contributed by atoms with Crippen LogP contribution in [-0.2, 0) is 0 Å². The SMILES string of the molecule is C1=CC=Cc2c(c(-c3ccccc3)c3ccccc3c2-c2ccccc2)C=C1. The van der Waals surface area contributed by atoms with Gasteiger partial charge in [-0.25, -0.2) is 0 Å². The average Bonchev–Trinajstić information content (AvgIpc) is 2.74. The van der Waals surface area contributed by atoms with Gasteiger partial charge < -0.3 is 0 Å². The van der Waals surface area contributed by atoms with Crippen LogP contribution in [0.1, 0.15) is 11.1 Å². The molecule has 0 unspecified atom stereocenters. The third-order valence-corrected chi connectivity index (χ3v) is 5.28. The number of benzene rings is 4. The molecule has 0 nitrogen and oxygen atoms in total. The van der Waals surface area contributed by atoms with Gasteiger partial charge in [0.2, 0.25) is 0 Å². The molecular formula is C28H20. The Bertz CT molecular complexity index is 1130. The zero-order valence-electron chi connectivity index (χ0n) is 15.5. The molecule has 0 heteroatoms. The van der Waals surface area contributed by atoms with E-state index in [1.807, 2.05) is 0 Å². The maximum absolute atomic E-state index is 2.25. The molecule has 0 saturated carbocycles. The minimum atomic E-state index is 1.25. The first-order valence-electron chi connectivity index (χ1n) is 9.64. The third-order valence-electron chi connectivity index (χ3n) is 5.28. The highest BCUT2D eigenvalue weighted by Gasteiger charge is 2.18. The van der Waals surface area contributed by atoms with Crippen LogP contribution in [0.4, 0.5) is 0 Å². The first-order valence-corrected chi connectivity index (χ1v) is 9.64. The molecule has 0 bridgehead atoms. The number of rotatable bonds is 2. The van der Waals surface area contributed by atoms with Crippen molar-refractivity contribution in [1.29, 1.82) is 0 Å². The van der Waals surface area contributed by atoms with Crippen LogP contribution in [0.2, 0.25) is 0 Å². The fraction of sp³-hybridized carbons (Fsp3) is 0. The van der Waals surface area contributed by atoms with Crippen molar-refractivity contribution in [3.8, 4) is 22.3 Å². The molecule has 0 aromatic heterocycles. The lowest BCUT2D eigenvalue weighted by Gasteiger charge is -2.20. The van der Waals surface area contributed by atoms with Crippen LogP contribution in [0, 0.1) is 0 Å². The molecule has 0 aliphatic heterocycles. The fourth-order valence-corrected chi connectivity index (χ4v) is 4.09. The maximum Gasteiger partial charge on any atom is -0.00264 e. The van der Waals surface area contributed by atoms with Crippen LogP contribution in [0.5, 0.6) is 0 Å². The molecular weight excluding hydrogens is 336 g/mol. The van der Waals surface area contributed by atoms with E-state index in [1.54, 1.807) is 0 Å². The molecule has 0 N–H and O–H groups in total. The lowest BCUT2D eigenvalue weighted by Crippen LogP contribution is -1.96. The number of allylic oxidation sites excluding steroid dienone is 4. The first-order chi connectivity index (χ1) is 13.9. The van der Waals surface area contributed by atoms with Gasteiger partial charge in [-0.05, 0) is 44.2 Å². The Balaban J connectivity index is 1.99. The Morgan fingerprint density at radius 3 is 1.18 bits per heavy atom. The Kier molecular flexibility index (Phi) is 4.23. The lowest BCUT2D eigenvalue weighted by molar-refractivity contribution is 1.57. The van der Waals surface area contributed by atoms with E-state index in [9.17, 15) is 0 Å². The van der Waals surface area contributed by atoms with E-state index in [4.69, 9.17) is 0 Å². The van der Waals surface area contributed by atoms with Gasteiger partial charge in [0, 0.05) is 0 Å². The molecule has 1 aliphatic carbocycles. The van der Waals surface area contributed by atoms with Gasteiger partial charge in [0.05, 0.1) is 0 Å². The lowest BCUT2D eigenvalue weighted by atomic mass is 9.83. The highest BCUT2D eigenvalue weighted by Crippen LogP contribution is 2.43. The van der Waals surface area contributed by atoms with Gasteiger partial charge in [-0.15, -0.1) is 0 Å². The van der Waals surface area contributed by atoms with Crippen LogP contribution in [0.25, 0.3) is 45.2 Å². The van der Waals surface area contributed by atoms with Crippen LogP contribution in [0.15, 0.2) is 109 Å². The van der Waals surface area contributed by atoms with E-state index < -0.39 is 0 Å². The average molecular weight is 356 g/mol. The third kappa shape index (κ3) is 2.80. The zero-order chi connectivity index (χ0) is 18.8. The molecule has 0 spiro atoms. The van der Waals surface area contributed by atoms with Gasteiger partial charge in [-0.1, -0.05) is 121 Å². The van der Waals surface area contributed by atoms with E-state index in [-0.39, 0.29) is 0 Å². The van der Waals surface area contributed by atoms with E-state index in [0.717, 1.165) is 0 Å². The van der Waals surface area contributed by atoms with Crippen molar-refractivity contribution in [3.05, 3.63) is 120 Å². The van der Waals surface area contributed by atoms with E-state index in [1.165, 1.54) is 44.2 Å². The Labute approximate surface area is 165 Å². The smallest absolute Gasteiger partial charge is 0.00264 e. The minimum Gasteiger partial charge on any atom is -0.0622 e. The second kappa shape index (κ2) is 7.17. The monoisotopic (exact) mass is 356 g/mol. The Morgan fingerprint density at radius 1 is 0.357 bits per heavy atom. The molecule has 1 aliphatic rings. The molecule has 0 radical (unpaired) electrons. The van der Waals surface area contributed by atoms with Crippen molar-refractivity contribution in [2.24, 2.45) is 0 Å². The molecule has 0 fully saturated rings. The van der Waals surface area contributed by atoms with E-state index in [2.05, 4.69) is 121 Å². The molecule has 0 amide bonds. The normalized spacial score (nSPS) is 12.6. The second-order valence-corrected chi connectivity index (χ2v) is 6.96. The van der Waals surface area contributed by atoms with Crippen molar-refractivity contribution >= 4 is 22.9 Å². The molecule has 132 valence electrons. The quantitative estimate of drug-likeness (QED) is 0.344. The standard InChI is InChI=1S/C28H20/c1-2-10-18-24-23(17-9-1)27(21-13-5-3-6-14-21)25-19-11-12-20-26(25)28(24)22-15-7-4-8-16-22/h1-20H. The van der Waals surface area contributed by atoms with Gasteiger partial charge in [0.25, 0.3) is 0 Å². The van der Waals surface area contributed by atoms with Gasteiger partial charge in [-0.3, -0.25) is 0 Å².